The summed E-state index contributed by atoms with van der Waals surface area (Å²) < 4.78 is 6.72. The van der Waals surface area contributed by atoms with Crippen molar-refractivity contribution >= 4 is 21.9 Å². The van der Waals surface area contributed by atoms with Gasteiger partial charge in [0.1, 0.15) is 16.9 Å². The molecule has 0 bridgehead atoms. The Hall–Kier alpha value is -6.72. The molecule has 0 N–H and O–H groups in total. The van der Waals surface area contributed by atoms with E-state index in [9.17, 15) is 0 Å². The van der Waals surface area contributed by atoms with Crippen LogP contribution < -0.4 is 0 Å². The van der Waals surface area contributed by atoms with Crippen LogP contribution in [0.3, 0.4) is 0 Å². The van der Waals surface area contributed by atoms with Crippen molar-refractivity contribution in [1.82, 2.24) is 19.9 Å². The lowest BCUT2D eigenvalue weighted by Gasteiger charge is -2.10. The van der Waals surface area contributed by atoms with Gasteiger partial charge in [-0.25, -0.2) is 19.9 Å². The van der Waals surface area contributed by atoms with Gasteiger partial charge in [0.2, 0.25) is 0 Å². The second kappa shape index (κ2) is 12.1. The number of hydrogen-bond acceptors (Lipinski definition) is 5. The predicted molar refractivity (Wildman–Crippen MR) is 198 cm³/mol. The Morgan fingerprint density at radius 3 is 1.45 bits per heavy atom. The fourth-order valence-electron chi connectivity index (χ4n) is 6.38. The van der Waals surface area contributed by atoms with Crippen LogP contribution in [-0.2, 0) is 0 Å². The van der Waals surface area contributed by atoms with Gasteiger partial charge in [0.25, 0.3) is 0 Å². The molecule has 0 aliphatic carbocycles. The zero-order chi connectivity index (χ0) is 32.6. The third-order valence-corrected chi connectivity index (χ3v) is 8.76. The molecule has 230 valence electrons. The zero-order valence-corrected chi connectivity index (χ0v) is 26.4. The lowest BCUT2D eigenvalue weighted by atomic mass is 9.99. The van der Waals surface area contributed by atoms with E-state index >= 15 is 0 Å². The molecule has 9 aromatic rings. The van der Waals surface area contributed by atoms with E-state index in [1.54, 1.807) is 0 Å². The van der Waals surface area contributed by atoms with Gasteiger partial charge in [-0.15, -0.1) is 0 Å². The molecular weight excluding hydrogens is 601 g/mol. The number of benzene rings is 6. The van der Waals surface area contributed by atoms with Crippen LogP contribution in [0.1, 0.15) is 0 Å². The molecule has 0 radical (unpaired) electrons. The van der Waals surface area contributed by atoms with E-state index in [0.717, 1.165) is 66.6 Å². The Morgan fingerprint density at radius 2 is 0.776 bits per heavy atom. The summed E-state index contributed by atoms with van der Waals surface area (Å²) in [5, 5.41) is 2.17. The van der Waals surface area contributed by atoms with E-state index in [4.69, 9.17) is 24.4 Å². The molecule has 3 aromatic heterocycles. The van der Waals surface area contributed by atoms with Gasteiger partial charge >= 0.3 is 0 Å². The summed E-state index contributed by atoms with van der Waals surface area (Å²) in [6.45, 7) is 0. The molecule has 0 aliphatic heterocycles. The Balaban J connectivity index is 1.18. The summed E-state index contributed by atoms with van der Waals surface area (Å²) in [7, 11) is 0. The van der Waals surface area contributed by atoms with Crippen LogP contribution in [0, 0.1) is 0 Å². The van der Waals surface area contributed by atoms with Crippen molar-refractivity contribution in [2.45, 2.75) is 0 Å². The molecule has 0 spiro atoms. The number of fused-ring (bicyclic) bond motifs is 3. The van der Waals surface area contributed by atoms with Gasteiger partial charge in [-0.2, -0.15) is 0 Å². The molecule has 9 rings (SSSR count). The first-order chi connectivity index (χ1) is 24.3. The molecule has 0 atom stereocenters. The average Bonchev–Trinajstić information content (AvgIpc) is 3.58. The average molecular weight is 629 g/mol. The molecule has 0 saturated carbocycles. The summed E-state index contributed by atoms with van der Waals surface area (Å²) in [6.07, 6.45) is 0. The number of hydrogen-bond donors (Lipinski definition) is 0. The smallest absolute Gasteiger partial charge is 0.182 e. The monoisotopic (exact) mass is 628 g/mol. The summed E-state index contributed by atoms with van der Waals surface area (Å²) in [5.41, 5.74) is 10.3. The van der Waals surface area contributed by atoms with Gasteiger partial charge in [0.15, 0.2) is 17.5 Å². The lowest BCUT2D eigenvalue weighted by molar-refractivity contribution is 0.671. The van der Waals surface area contributed by atoms with Gasteiger partial charge in [-0.05, 0) is 29.3 Å². The Morgan fingerprint density at radius 1 is 0.306 bits per heavy atom. The Labute approximate surface area is 283 Å². The van der Waals surface area contributed by atoms with E-state index in [1.807, 2.05) is 84.9 Å². The van der Waals surface area contributed by atoms with Crippen molar-refractivity contribution in [3.8, 4) is 67.8 Å². The van der Waals surface area contributed by atoms with E-state index < -0.39 is 0 Å². The summed E-state index contributed by atoms with van der Waals surface area (Å²) in [6, 6.07) is 57.4. The van der Waals surface area contributed by atoms with Crippen molar-refractivity contribution in [3.05, 3.63) is 170 Å². The molecular formula is C44H28N4O. The molecule has 0 saturated heterocycles. The van der Waals surface area contributed by atoms with Crippen molar-refractivity contribution in [2.75, 3.05) is 0 Å². The number of furan rings is 1. The molecule has 49 heavy (non-hydrogen) atoms. The van der Waals surface area contributed by atoms with Crippen LogP contribution in [0.15, 0.2) is 174 Å². The largest absolute Gasteiger partial charge is 0.455 e. The fraction of sp³-hybridized carbons (Fsp3) is 0. The van der Waals surface area contributed by atoms with Crippen LogP contribution in [0.2, 0.25) is 0 Å². The number of pyridine rings is 1. The minimum absolute atomic E-state index is 0.514. The minimum Gasteiger partial charge on any atom is -0.455 e. The maximum atomic E-state index is 6.72. The second-order valence-electron chi connectivity index (χ2n) is 11.9. The molecule has 0 amide bonds. The van der Waals surface area contributed by atoms with Gasteiger partial charge in [0.05, 0.1) is 5.69 Å². The molecule has 3 heterocycles. The van der Waals surface area contributed by atoms with Crippen LogP contribution >= 0.6 is 0 Å². The van der Waals surface area contributed by atoms with E-state index in [0.29, 0.717) is 23.2 Å². The highest BCUT2D eigenvalue weighted by atomic mass is 16.3. The lowest BCUT2D eigenvalue weighted by Crippen LogP contribution is -2.01. The highest BCUT2D eigenvalue weighted by Crippen LogP contribution is 2.40. The predicted octanol–water partition coefficient (Wildman–Crippen LogP) is 11.2. The maximum Gasteiger partial charge on any atom is 0.182 e. The van der Waals surface area contributed by atoms with Crippen LogP contribution in [0.4, 0.5) is 0 Å². The third-order valence-electron chi connectivity index (χ3n) is 8.76. The van der Waals surface area contributed by atoms with Crippen LogP contribution in [0.25, 0.3) is 89.7 Å². The summed E-state index contributed by atoms with van der Waals surface area (Å²) >= 11 is 0. The first kappa shape index (κ1) is 28.5. The van der Waals surface area contributed by atoms with E-state index in [1.165, 1.54) is 0 Å². The molecule has 5 nitrogen and oxygen atoms in total. The molecule has 0 unspecified atom stereocenters. The number of para-hydroxylation sites is 2. The SMILES string of the molecule is c1ccc(-c2cccc(-c3nc(-c4ccccc4)nc(-c4cccc(-c5cccc6c5oc5c(-c7ccccc7)cccc56)c4)n3)n2)cc1. The summed E-state index contributed by atoms with van der Waals surface area (Å²) in [5.74, 6) is 1.67. The highest BCUT2D eigenvalue weighted by Gasteiger charge is 2.18. The van der Waals surface area contributed by atoms with Gasteiger partial charge in [-0.1, -0.05) is 152 Å². The van der Waals surface area contributed by atoms with Crippen molar-refractivity contribution < 1.29 is 4.42 Å². The fourth-order valence-corrected chi connectivity index (χ4v) is 6.38. The standard InChI is InChI=1S/C44H28N4O/c1-4-14-29(15-5-1)34-22-11-24-36-37-25-12-23-35(41(37)49-40(34)36)32-20-10-21-33(28-32)43-46-42(31-18-8-3-9-19-31)47-44(48-43)39-27-13-26-38(45-39)30-16-6-2-7-17-30/h1-28H. The Kier molecular flexibility index (Phi) is 7.06. The topological polar surface area (TPSA) is 64.7 Å². The number of nitrogens with zero attached hydrogens (tertiary/aromatic N) is 4. The van der Waals surface area contributed by atoms with Gasteiger partial charge in [0, 0.05) is 38.6 Å². The van der Waals surface area contributed by atoms with E-state index in [2.05, 4.69) is 84.9 Å². The van der Waals surface area contributed by atoms with Crippen molar-refractivity contribution in [2.24, 2.45) is 0 Å². The van der Waals surface area contributed by atoms with Crippen LogP contribution in [0.5, 0.6) is 0 Å². The number of rotatable bonds is 6. The molecule has 6 aromatic carbocycles. The molecule has 0 fully saturated rings. The highest BCUT2D eigenvalue weighted by molar-refractivity contribution is 6.13. The van der Waals surface area contributed by atoms with Gasteiger partial charge in [-0.3, -0.25) is 0 Å². The second-order valence-corrected chi connectivity index (χ2v) is 11.9. The van der Waals surface area contributed by atoms with Crippen molar-refractivity contribution in [3.63, 3.8) is 0 Å². The maximum absolute atomic E-state index is 6.72. The first-order valence-electron chi connectivity index (χ1n) is 16.2. The van der Waals surface area contributed by atoms with Gasteiger partial charge < -0.3 is 4.42 Å². The summed E-state index contributed by atoms with van der Waals surface area (Å²) in [4.78, 5) is 19.9. The normalized spacial score (nSPS) is 11.3. The Bertz CT molecular complexity index is 2600. The van der Waals surface area contributed by atoms with E-state index in [-0.39, 0.29) is 0 Å². The quantitative estimate of drug-likeness (QED) is 0.183. The van der Waals surface area contributed by atoms with Crippen molar-refractivity contribution in [1.29, 1.82) is 0 Å². The third kappa shape index (κ3) is 5.33. The zero-order valence-electron chi connectivity index (χ0n) is 26.4. The minimum atomic E-state index is 0.514. The first-order valence-corrected chi connectivity index (χ1v) is 16.2. The number of aromatic nitrogens is 4. The van der Waals surface area contributed by atoms with Crippen LogP contribution in [-0.4, -0.2) is 19.9 Å². The molecule has 0 aliphatic rings. The molecule has 5 heteroatoms.